The number of aromatic nitrogens is 2. The number of nitrogens with one attached hydrogen (secondary N) is 1. The van der Waals surface area contributed by atoms with Crippen LogP contribution >= 0.6 is 0 Å². The second-order valence-corrected chi connectivity index (χ2v) is 7.39. The van der Waals surface area contributed by atoms with E-state index in [1.165, 1.54) is 0 Å². The van der Waals surface area contributed by atoms with Crippen molar-refractivity contribution in [2.24, 2.45) is 7.05 Å². The van der Waals surface area contributed by atoms with Crippen LogP contribution in [0.15, 0.2) is 30.3 Å². The van der Waals surface area contributed by atoms with Gasteiger partial charge in [0.05, 0.1) is 16.8 Å². The van der Waals surface area contributed by atoms with E-state index in [2.05, 4.69) is 10.4 Å². The first kappa shape index (κ1) is 17.8. The first-order chi connectivity index (χ1) is 12.2. The molecule has 7 heteroatoms. The van der Waals surface area contributed by atoms with Gasteiger partial charge in [0.15, 0.2) is 0 Å². The highest BCUT2D eigenvalue weighted by Crippen LogP contribution is 2.24. The monoisotopic (exact) mass is 354 g/mol. The van der Waals surface area contributed by atoms with E-state index in [9.17, 15) is 14.4 Å². The predicted molar refractivity (Wildman–Crippen MR) is 97.0 cm³/mol. The Morgan fingerprint density at radius 2 is 1.69 bits per heavy atom. The van der Waals surface area contributed by atoms with Gasteiger partial charge in [0.1, 0.15) is 5.82 Å². The maximum atomic E-state index is 12.3. The van der Waals surface area contributed by atoms with Crippen LogP contribution in [0.3, 0.4) is 0 Å². The van der Waals surface area contributed by atoms with Crippen LogP contribution in [-0.4, -0.2) is 38.9 Å². The van der Waals surface area contributed by atoms with Gasteiger partial charge in [-0.05, 0) is 12.1 Å². The van der Waals surface area contributed by atoms with E-state index in [4.69, 9.17) is 0 Å². The Hall–Kier alpha value is -2.96. The van der Waals surface area contributed by atoms with E-state index in [-0.39, 0.29) is 36.1 Å². The average Bonchev–Trinajstić information content (AvgIpc) is 3.05. The third kappa shape index (κ3) is 3.24. The summed E-state index contributed by atoms with van der Waals surface area (Å²) in [6, 6.07) is 8.52. The highest BCUT2D eigenvalue weighted by molar-refractivity contribution is 6.21. The van der Waals surface area contributed by atoms with E-state index in [1.807, 2.05) is 26.8 Å². The lowest BCUT2D eigenvalue weighted by atomic mass is 9.92. The first-order valence-electron chi connectivity index (χ1n) is 8.48. The number of imide groups is 1. The van der Waals surface area contributed by atoms with Crippen LogP contribution in [0.25, 0.3) is 0 Å². The number of carbonyl (C=O) groups excluding carboxylic acids is 3. The summed E-state index contributed by atoms with van der Waals surface area (Å²) in [6.07, 6.45) is 0.0293. The lowest BCUT2D eigenvalue weighted by Crippen LogP contribution is -2.33. The molecule has 2 aromatic rings. The molecule has 0 aliphatic carbocycles. The van der Waals surface area contributed by atoms with Crippen molar-refractivity contribution in [3.8, 4) is 0 Å². The molecule has 0 saturated heterocycles. The van der Waals surface area contributed by atoms with Crippen molar-refractivity contribution in [2.75, 3.05) is 11.9 Å². The van der Waals surface area contributed by atoms with Gasteiger partial charge in [0.2, 0.25) is 5.91 Å². The molecule has 26 heavy (non-hydrogen) atoms. The molecular weight excluding hydrogens is 332 g/mol. The summed E-state index contributed by atoms with van der Waals surface area (Å²) in [6.45, 7) is 6.18. The molecule has 136 valence electrons. The molecule has 1 N–H and O–H groups in total. The van der Waals surface area contributed by atoms with Gasteiger partial charge in [-0.2, -0.15) is 5.10 Å². The Bertz CT molecular complexity index is 857. The lowest BCUT2D eigenvalue weighted by Gasteiger charge is -2.14. The number of rotatable bonds is 4. The van der Waals surface area contributed by atoms with Crippen molar-refractivity contribution in [1.82, 2.24) is 14.7 Å². The van der Waals surface area contributed by atoms with Crippen LogP contribution in [0, 0.1) is 0 Å². The summed E-state index contributed by atoms with van der Waals surface area (Å²) in [5.74, 6) is -0.393. The van der Waals surface area contributed by atoms with Crippen LogP contribution < -0.4 is 5.32 Å². The summed E-state index contributed by atoms with van der Waals surface area (Å²) < 4.78 is 1.61. The van der Waals surface area contributed by atoms with Crippen molar-refractivity contribution in [1.29, 1.82) is 0 Å². The normalized spacial score (nSPS) is 13.9. The smallest absolute Gasteiger partial charge is 0.261 e. The standard InChI is InChI=1S/C19H22N4O3/c1-19(2,3)14-11-15(22(4)21-14)20-16(24)9-10-23-17(25)12-7-5-6-8-13(12)18(23)26/h5-8,11H,9-10H2,1-4H3,(H,20,24). The molecule has 3 rings (SSSR count). The summed E-state index contributed by atoms with van der Waals surface area (Å²) in [5, 5.41) is 7.20. The van der Waals surface area contributed by atoms with Crippen molar-refractivity contribution < 1.29 is 14.4 Å². The summed E-state index contributed by atoms with van der Waals surface area (Å²) in [4.78, 5) is 38.0. The minimum absolute atomic E-state index is 0.0293. The zero-order valence-electron chi connectivity index (χ0n) is 15.4. The van der Waals surface area contributed by atoms with Gasteiger partial charge >= 0.3 is 0 Å². The molecule has 2 heterocycles. The van der Waals surface area contributed by atoms with E-state index in [1.54, 1.807) is 36.0 Å². The van der Waals surface area contributed by atoms with E-state index in [0.717, 1.165) is 10.6 Å². The Morgan fingerprint density at radius 1 is 1.12 bits per heavy atom. The molecular formula is C19H22N4O3. The van der Waals surface area contributed by atoms with Crippen LogP contribution in [0.5, 0.6) is 0 Å². The van der Waals surface area contributed by atoms with Gasteiger partial charge in [-0.15, -0.1) is 0 Å². The summed E-state index contributed by atoms with van der Waals surface area (Å²) >= 11 is 0. The average molecular weight is 354 g/mol. The Balaban J connectivity index is 1.63. The molecule has 1 aliphatic rings. The number of hydrogen-bond acceptors (Lipinski definition) is 4. The Kier molecular flexibility index (Phi) is 4.39. The number of carbonyl (C=O) groups is 3. The molecule has 3 amide bonds. The van der Waals surface area contributed by atoms with Crippen molar-refractivity contribution in [3.63, 3.8) is 0 Å². The fourth-order valence-electron chi connectivity index (χ4n) is 2.81. The SMILES string of the molecule is Cn1nc(C(C)(C)C)cc1NC(=O)CCN1C(=O)c2ccccc2C1=O. The van der Waals surface area contributed by atoms with Gasteiger partial charge in [0.25, 0.3) is 11.8 Å². The molecule has 0 radical (unpaired) electrons. The number of hydrogen-bond donors (Lipinski definition) is 1. The van der Waals surface area contributed by atoms with Gasteiger partial charge in [-0.1, -0.05) is 32.9 Å². The molecule has 0 saturated carbocycles. The molecule has 0 bridgehead atoms. The van der Waals surface area contributed by atoms with Crippen LogP contribution in [0.4, 0.5) is 5.82 Å². The third-order valence-electron chi connectivity index (χ3n) is 4.36. The highest BCUT2D eigenvalue weighted by atomic mass is 16.2. The molecule has 1 aromatic carbocycles. The van der Waals surface area contributed by atoms with Crippen molar-refractivity contribution in [2.45, 2.75) is 32.6 Å². The lowest BCUT2D eigenvalue weighted by molar-refractivity contribution is -0.116. The first-order valence-corrected chi connectivity index (χ1v) is 8.48. The fraction of sp³-hybridized carbons (Fsp3) is 0.368. The Morgan fingerprint density at radius 3 is 2.19 bits per heavy atom. The second kappa shape index (κ2) is 6.40. The zero-order valence-corrected chi connectivity index (χ0v) is 15.4. The molecule has 0 unspecified atom stereocenters. The number of aryl methyl sites for hydroxylation is 1. The zero-order chi connectivity index (χ0) is 19.1. The van der Waals surface area contributed by atoms with Crippen molar-refractivity contribution >= 4 is 23.5 Å². The highest BCUT2D eigenvalue weighted by Gasteiger charge is 2.35. The molecule has 0 atom stereocenters. The number of benzene rings is 1. The topological polar surface area (TPSA) is 84.3 Å². The molecule has 1 aromatic heterocycles. The maximum absolute atomic E-state index is 12.3. The van der Waals surface area contributed by atoms with Gasteiger partial charge in [0, 0.05) is 31.5 Å². The maximum Gasteiger partial charge on any atom is 0.261 e. The molecule has 0 fully saturated rings. The van der Waals surface area contributed by atoms with Gasteiger partial charge in [-0.25, -0.2) is 0 Å². The van der Waals surface area contributed by atoms with Crippen LogP contribution in [-0.2, 0) is 17.3 Å². The fourth-order valence-corrected chi connectivity index (χ4v) is 2.81. The summed E-state index contributed by atoms with van der Waals surface area (Å²) in [7, 11) is 1.76. The minimum atomic E-state index is -0.353. The number of fused-ring (bicyclic) bond motifs is 1. The van der Waals surface area contributed by atoms with E-state index in [0.29, 0.717) is 16.9 Å². The second-order valence-electron chi connectivity index (χ2n) is 7.39. The molecule has 1 aliphatic heterocycles. The van der Waals surface area contributed by atoms with E-state index < -0.39 is 0 Å². The quantitative estimate of drug-likeness (QED) is 0.854. The van der Waals surface area contributed by atoms with E-state index >= 15 is 0 Å². The molecule has 7 nitrogen and oxygen atoms in total. The van der Waals surface area contributed by atoms with Crippen molar-refractivity contribution in [3.05, 3.63) is 47.2 Å². The molecule has 0 spiro atoms. The third-order valence-corrected chi connectivity index (χ3v) is 4.36. The van der Waals surface area contributed by atoms with Gasteiger partial charge in [-0.3, -0.25) is 24.0 Å². The minimum Gasteiger partial charge on any atom is -0.311 e. The Labute approximate surface area is 152 Å². The number of amides is 3. The number of nitrogens with zero attached hydrogens (tertiary/aromatic N) is 3. The van der Waals surface area contributed by atoms with Crippen LogP contribution in [0.2, 0.25) is 0 Å². The predicted octanol–water partition coefficient (Wildman–Crippen LogP) is 2.34. The number of anilines is 1. The van der Waals surface area contributed by atoms with Crippen LogP contribution in [0.1, 0.15) is 53.6 Å². The summed E-state index contributed by atoms with van der Waals surface area (Å²) in [5.41, 5.74) is 1.52. The largest absolute Gasteiger partial charge is 0.311 e. The van der Waals surface area contributed by atoms with Gasteiger partial charge < -0.3 is 5.32 Å².